The molecule has 0 saturated heterocycles. The van der Waals surface area contributed by atoms with E-state index < -0.39 is 0 Å². The Hall–Kier alpha value is -0.120. The number of rotatable bonds is 4. The predicted molar refractivity (Wildman–Crippen MR) is 40.2 cm³/mol. The molecule has 56 valence electrons. The Morgan fingerprint density at radius 2 is 2.11 bits per heavy atom. The molecule has 0 aromatic rings. The quantitative estimate of drug-likeness (QED) is 0.503. The van der Waals surface area contributed by atoms with Gasteiger partial charge in [-0.05, 0) is 21.0 Å². The summed E-state index contributed by atoms with van der Waals surface area (Å²) in [5.41, 5.74) is 5.30. The number of hydrogen-bond acceptors (Lipinski definition) is 3. The molecule has 0 radical (unpaired) electrons. The SMILES string of the molecule is CC(NCCN)N(C)C. The molecule has 0 aromatic carbocycles. The van der Waals surface area contributed by atoms with Gasteiger partial charge in [0.05, 0.1) is 6.17 Å². The maximum absolute atomic E-state index is 5.30. The van der Waals surface area contributed by atoms with E-state index in [2.05, 4.69) is 17.1 Å². The van der Waals surface area contributed by atoms with Gasteiger partial charge in [0, 0.05) is 13.1 Å². The van der Waals surface area contributed by atoms with Gasteiger partial charge < -0.3 is 11.1 Å². The Morgan fingerprint density at radius 1 is 1.56 bits per heavy atom. The lowest BCUT2D eigenvalue weighted by Crippen LogP contribution is -2.40. The van der Waals surface area contributed by atoms with Crippen molar-refractivity contribution in [2.75, 3.05) is 27.2 Å². The smallest absolute Gasteiger partial charge is 0.0563 e. The van der Waals surface area contributed by atoms with Crippen LogP contribution in [0.25, 0.3) is 0 Å². The van der Waals surface area contributed by atoms with E-state index in [4.69, 9.17) is 5.73 Å². The molecule has 0 aliphatic carbocycles. The molecule has 3 heteroatoms. The van der Waals surface area contributed by atoms with Crippen LogP contribution in [0.15, 0.2) is 0 Å². The van der Waals surface area contributed by atoms with Crippen molar-refractivity contribution >= 4 is 0 Å². The number of hydrogen-bond donors (Lipinski definition) is 2. The summed E-state index contributed by atoms with van der Waals surface area (Å²) in [7, 11) is 4.07. The fourth-order valence-corrected chi connectivity index (χ4v) is 0.475. The molecule has 1 unspecified atom stereocenters. The molecule has 3 N–H and O–H groups in total. The number of nitrogens with zero attached hydrogens (tertiary/aromatic N) is 1. The highest BCUT2D eigenvalue weighted by Gasteiger charge is 1.99. The van der Waals surface area contributed by atoms with Crippen LogP contribution in [-0.2, 0) is 0 Å². The van der Waals surface area contributed by atoms with E-state index in [0.717, 1.165) is 6.54 Å². The van der Waals surface area contributed by atoms with Crippen LogP contribution in [0.2, 0.25) is 0 Å². The highest BCUT2D eigenvalue weighted by Crippen LogP contribution is 1.82. The lowest BCUT2D eigenvalue weighted by atomic mass is 10.5. The van der Waals surface area contributed by atoms with Crippen LogP contribution >= 0.6 is 0 Å². The summed E-state index contributed by atoms with van der Waals surface area (Å²) >= 11 is 0. The van der Waals surface area contributed by atoms with Crippen molar-refractivity contribution in [3.8, 4) is 0 Å². The van der Waals surface area contributed by atoms with Gasteiger partial charge in [-0.1, -0.05) is 0 Å². The minimum Gasteiger partial charge on any atom is -0.329 e. The molecule has 0 aliphatic heterocycles. The van der Waals surface area contributed by atoms with Crippen molar-refractivity contribution in [1.29, 1.82) is 0 Å². The van der Waals surface area contributed by atoms with Crippen molar-refractivity contribution in [3.05, 3.63) is 0 Å². The Labute approximate surface area is 57.2 Å². The van der Waals surface area contributed by atoms with Crippen LogP contribution in [0, 0.1) is 0 Å². The van der Waals surface area contributed by atoms with Crippen molar-refractivity contribution in [1.82, 2.24) is 10.2 Å². The Balaban J connectivity index is 3.16. The molecule has 0 aromatic heterocycles. The molecule has 0 saturated carbocycles. The average Bonchev–Trinajstić information content (AvgIpc) is 1.82. The highest BCUT2D eigenvalue weighted by molar-refractivity contribution is 4.55. The van der Waals surface area contributed by atoms with Crippen molar-refractivity contribution in [2.45, 2.75) is 13.1 Å². The van der Waals surface area contributed by atoms with Crippen LogP contribution in [-0.4, -0.2) is 38.3 Å². The molecule has 0 amide bonds. The molecule has 1 atom stereocenters. The molecule has 0 aliphatic rings. The van der Waals surface area contributed by atoms with E-state index in [1.54, 1.807) is 0 Å². The van der Waals surface area contributed by atoms with E-state index in [-0.39, 0.29) is 0 Å². The molecule has 3 nitrogen and oxygen atoms in total. The van der Waals surface area contributed by atoms with Crippen molar-refractivity contribution in [3.63, 3.8) is 0 Å². The fourth-order valence-electron chi connectivity index (χ4n) is 0.475. The van der Waals surface area contributed by atoms with E-state index in [1.165, 1.54) is 0 Å². The minimum atomic E-state index is 0.425. The summed E-state index contributed by atoms with van der Waals surface area (Å²) < 4.78 is 0. The molecular weight excluding hydrogens is 114 g/mol. The number of nitrogens with two attached hydrogens (primary N) is 1. The highest BCUT2D eigenvalue weighted by atomic mass is 15.2. The Morgan fingerprint density at radius 3 is 2.44 bits per heavy atom. The first-order chi connectivity index (χ1) is 4.18. The number of nitrogens with one attached hydrogen (secondary N) is 1. The standard InChI is InChI=1S/C6H17N3/c1-6(9(2)3)8-5-4-7/h6,8H,4-5,7H2,1-3H3. The topological polar surface area (TPSA) is 41.3 Å². The predicted octanol–water partition coefficient (Wildman–Crippen LogP) is -0.558. The van der Waals surface area contributed by atoms with Crippen LogP contribution in [0.4, 0.5) is 0 Å². The molecule has 0 spiro atoms. The van der Waals surface area contributed by atoms with Gasteiger partial charge in [0.25, 0.3) is 0 Å². The summed E-state index contributed by atoms with van der Waals surface area (Å²) in [6.07, 6.45) is 0.425. The Bertz CT molecular complexity index is 63.3. The maximum atomic E-state index is 5.30. The van der Waals surface area contributed by atoms with Gasteiger partial charge in [-0.15, -0.1) is 0 Å². The van der Waals surface area contributed by atoms with Crippen LogP contribution in [0.3, 0.4) is 0 Å². The average molecular weight is 131 g/mol. The van der Waals surface area contributed by atoms with Crippen LogP contribution in [0.5, 0.6) is 0 Å². The molecule has 0 fully saturated rings. The molecular formula is C6H17N3. The lowest BCUT2D eigenvalue weighted by molar-refractivity contribution is 0.268. The van der Waals surface area contributed by atoms with Crippen LogP contribution in [0.1, 0.15) is 6.92 Å². The third kappa shape index (κ3) is 4.39. The third-order valence-electron chi connectivity index (χ3n) is 1.36. The summed E-state index contributed by atoms with van der Waals surface area (Å²) in [6, 6.07) is 0. The van der Waals surface area contributed by atoms with E-state index >= 15 is 0 Å². The van der Waals surface area contributed by atoms with Gasteiger partial charge in [0.15, 0.2) is 0 Å². The monoisotopic (exact) mass is 131 g/mol. The fraction of sp³-hybridized carbons (Fsp3) is 1.00. The van der Waals surface area contributed by atoms with Gasteiger partial charge in [-0.2, -0.15) is 0 Å². The summed E-state index contributed by atoms with van der Waals surface area (Å²) in [6.45, 7) is 3.70. The van der Waals surface area contributed by atoms with E-state index in [0.29, 0.717) is 12.7 Å². The van der Waals surface area contributed by atoms with Crippen molar-refractivity contribution in [2.24, 2.45) is 5.73 Å². The van der Waals surface area contributed by atoms with E-state index in [1.807, 2.05) is 14.1 Å². The second kappa shape index (κ2) is 4.73. The summed E-state index contributed by atoms with van der Waals surface area (Å²) in [5, 5.41) is 3.23. The second-order valence-electron chi connectivity index (χ2n) is 2.38. The minimum absolute atomic E-state index is 0.425. The zero-order valence-corrected chi connectivity index (χ0v) is 6.52. The van der Waals surface area contributed by atoms with Gasteiger partial charge >= 0.3 is 0 Å². The zero-order valence-electron chi connectivity index (χ0n) is 6.52. The summed E-state index contributed by atoms with van der Waals surface area (Å²) in [5.74, 6) is 0. The summed E-state index contributed by atoms with van der Waals surface area (Å²) in [4.78, 5) is 2.11. The largest absolute Gasteiger partial charge is 0.329 e. The van der Waals surface area contributed by atoms with Crippen molar-refractivity contribution < 1.29 is 0 Å². The van der Waals surface area contributed by atoms with Gasteiger partial charge in [-0.25, -0.2) is 0 Å². The van der Waals surface area contributed by atoms with E-state index in [9.17, 15) is 0 Å². The van der Waals surface area contributed by atoms with Gasteiger partial charge in [0.2, 0.25) is 0 Å². The lowest BCUT2D eigenvalue weighted by Gasteiger charge is -2.20. The Kier molecular flexibility index (Phi) is 4.67. The van der Waals surface area contributed by atoms with Gasteiger partial charge in [0.1, 0.15) is 0 Å². The maximum Gasteiger partial charge on any atom is 0.0563 e. The molecule has 0 bridgehead atoms. The molecule has 0 heterocycles. The zero-order chi connectivity index (χ0) is 7.28. The van der Waals surface area contributed by atoms with Crippen LogP contribution < -0.4 is 11.1 Å². The first kappa shape index (κ1) is 8.88. The first-order valence-electron chi connectivity index (χ1n) is 3.28. The van der Waals surface area contributed by atoms with Gasteiger partial charge in [-0.3, -0.25) is 4.90 Å². The second-order valence-corrected chi connectivity index (χ2v) is 2.38. The normalized spacial score (nSPS) is 14.3. The molecule has 9 heavy (non-hydrogen) atoms. The first-order valence-corrected chi connectivity index (χ1v) is 3.28. The molecule has 0 rings (SSSR count). The third-order valence-corrected chi connectivity index (χ3v) is 1.36.